The highest BCUT2D eigenvalue weighted by atomic mass is 32.2. The SMILES string of the molecule is CC(C)(C)NC(=O)CNCCS(=O)(=O)C(C)(C)C. The van der Waals surface area contributed by atoms with E-state index in [2.05, 4.69) is 10.6 Å². The minimum Gasteiger partial charge on any atom is -0.350 e. The third kappa shape index (κ3) is 6.96. The molecule has 0 bridgehead atoms. The predicted octanol–water partition coefficient (Wildman–Crippen LogP) is 0.704. The Bertz CT molecular complexity index is 375. The van der Waals surface area contributed by atoms with Crippen LogP contribution in [0.5, 0.6) is 0 Å². The van der Waals surface area contributed by atoms with Crippen molar-refractivity contribution in [1.29, 1.82) is 0 Å². The van der Waals surface area contributed by atoms with Gasteiger partial charge in [-0.1, -0.05) is 0 Å². The second-order valence-electron chi connectivity index (χ2n) is 6.41. The Hall–Kier alpha value is -0.620. The normalized spacial score (nSPS) is 13.4. The van der Waals surface area contributed by atoms with Crippen molar-refractivity contribution in [1.82, 2.24) is 10.6 Å². The van der Waals surface area contributed by atoms with Crippen LogP contribution in [-0.2, 0) is 14.6 Å². The van der Waals surface area contributed by atoms with Gasteiger partial charge in [0.15, 0.2) is 9.84 Å². The van der Waals surface area contributed by atoms with Crippen LogP contribution in [0.3, 0.4) is 0 Å². The van der Waals surface area contributed by atoms with Crippen LogP contribution >= 0.6 is 0 Å². The lowest BCUT2D eigenvalue weighted by Crippen LogP contribution is -2.45. The van der Waals surface area contributed by atoms with Gasteiger partial charge in [0.1, 0.15) is 0 Å². The van der Waals surface area contributed by atoms with Crippen LogP contribution in [0.15, 0.2) is 0 Å². The van der Waals surface area contributed by atoms with Gasteiger partial charge in [-0.25, -0.2) is 8.42 Å². The van der Waals surface area contributed by atoms with Gasteiger partial charge >= 0.3 is 0 Å². The molecule has 0 aromatic rings. The molecular weight excluding hydrogens is 252 g/mol. The number of rotatable bonds is 5. The van der Waals surface area contributed by atoms with E-state index >= 15 is 0 Å². The maximum Gasteiger partial charge on any atom is 0.234 e. The molecule has 0 radical (unpaired) electrons. The van der Waals surface area contributed by atoms with E-state index in [0.29, 0.717) is 0 Å². The standard InChI is InChI=1S/C12H26N2O3S/c1-11(2,3)14-10(15)9-13-7-8-18(16,17)12(4,5)6/h13H,7-9H2,1-6H3,(H,14,15). The van der Waals surface area contributed by atoms with E-state index in [9.17, 15) is 13.2 Å². The molecule has 5 nitrogen and oxygen atoms in total. The zero-order valence-corrected chi connectivity index (χ0v) is 13.1. The van der Waals surface area contributed by atoms with Crippen molar-refractivity contribution in [2.75, 3.05) is 18.8 Å². The summed E-state index contributed by atoms with van der Waals surface area (Å²) in [6, 6.07) is 0. The lowest BCUT2D eigenvalue weighted by atomic mass is 10.1. The van der Waals surface area contributed by atoms with Crippen LogP contribution in [0.1, 0.15) is 41.5 Å². The van der Waals surface area contributed by atoms with E-state index in [-0.39, 0.29) is 30.3 Å². The molecule has 0 saturated carbocycles. The highest BCUT2D eigenvalue weighted by Crippen LogP contribution is 2.15. The molecule has 0 unspecified atom stereocenters. The Balaban J connectivity index is 4.00. The molecule has 0 aliphatic carbocycles. The van der Waals surface area contributed by atoms with Crippen molar-refractivity contribution in [2.45, 2.75) is 51.8 Å². The van der Waals surface area contributed by atoms with Crippen LogP contribution in [0.25, 0.3) is 0 Å². The monoisotopic (exact) mass is 278 g/mol. The van der Waals surface area contributed by atoms with Gasteiger partial charge in [0.05, 0.1) is 17.0 Å². The molecule has 108 valence electrons. The molecule has 0 spiro atoms. The van der Waals surface area contributed by atoms with Crippen molar-refractivity contribution in [3.8, 4) is 0 Å². The zero-order valence-electron chi connectivity index (χ0n) is 12.3. The summed E-state index contributed by atoms with van der Waals surface area (Å²) in [5, 5.41) is 5.64. The lowest BCUT2D eigenvalue weighted by Gasteiger charge is -2.21. The van der Waals surface area contributed by atoms with E-state index in [1.54, 1.807) is 20.8 Å². The Morgan fingerprint density at radius 2 is 1.56 bits per heavy atom. The highest BCUT2D eigenvalue weighted by Gasteiger charge is 2.28. The van der Waals surface area contributed by atoms with Crippen LogP contribution in [0, 0.1) is 0 Å². The first-order chi connectivity index (χ1) is 7.85. The first-order valence-corrected chi connectivity index (χ1v) is 7.74. The number of carbonyl (C=O) groups is 1. The van der Waals surface area contributed by atoms with Gasteiger partial charge in [-0.05, 0) is 41.5 Å². The number of hydrogen-bond acceptors (Lipinski definition) is 4. The molecule has 0 aromatic heterocycles. The molecule has 0 aliphatic heterocycles. The van der Waals surface area contributed by atoms with E-state index in [4.69, 9.17) is 0 Å². The molecule has 0 aromatic carbocycles. The molecular formula is C12H26N2O3S. The van der Waals surface area contributed by atoms with Gasteiger partial charge in [-0.3, -0.25) is 4.79 Å². The number of amides is 1. The van der Waals surface area contributed by atoms with E-state index in [1.165, 1.54) is 0 Å². The Kier molecular flexibility index (Phi) is 5.81. The van der Waals surface area contributed by atoms with Crippen molar-refractivity contribution < 1.29 is 13.2 Å². The average molecular weight is 278 g/mol. The summed E-state index contributed by atoms with van der Waals surface area (Å²) in [4.78, 5) is 11.5. The molecule has 0 saturated heterocycles. The molecule has 0 heterocycles. The van der Waals surface area contributed by atoms with E-state index in [0.717, 1.165) is 0 Å². The fourth-order valence-electron chi connectivity index (χ4n) is 1.18. The van der Waals surface area contributed by atoms with E-state index in [1.807, 2.05) is 20.8 Å². The molecule has 0 fully saturated rings. The summed E-state index contributed by atoms with van der Waals surface area (Å²) in [5.74, 6) is -0.0881. The van der Waals surface area contributed by atoms with Crippen molar-refractivity contribution in [2.24, 2.45) is 0 Å². The molecule has 2 N–H and O–H groups in total. The number of nitrogens with one attached hydrogen (secondary N) is 2. The third-order valence-corrected chi connectivity index (χ3v) is 4.89. The van der Waals surface area contributed by atoms with Crippen molar-refractivity contribution in [3.63, 3.8) is 0 Å². The topological polar surface area (TPSA) is 75.3 Å². The van der Waals surface area contributed by atoms with Crippen LogP contribution in [-0.4, -0.2) is 43.5 Å². The maximum absolute atomic E-state index is 11.8. The quantitative estimate of drug-likeness (QED) is 0.726. The van der Waals surface area contributed by atoms with Gasteiger partial charge in [0.2, 0.25) is 5.91 Å². The Labute approximate surface area is 111 Å². The number of hydrogen-bond donors (Lipinski definition) is 2. The molecule has 18 heavy (non-hydrogen) atoms. The average Bonchev–Trinajstić information content (AvgIpc) is 2.07. The summed E-state index contributed by atoms with van der Waals surface area (Å²) >= 11 is 0. The summed E-state index contributed by atoms with van der Waals surface area (Å²) in [6.45, 7) is 11.1. The van der Waals surface area contributed by atoms with Gasteiger partial charge in [0.25, 0.3) is 0 Å². The summed E-state index contributed by atoms with van der Waals surface area (Å²) in [6.07, 6.45) is 0. The van der Waals surface area contributed by atoms with Crippen LogP contribution < -0.4 is 10.6 Å². The fourth-order valence-corrected chi connectivity index (χ4v) is 2.20. The largest absolute Gasteiger partial charge is 0.350 e. The van der Waals surface area contributed by atoms with Crippen LogP contribution in [0.4, 0.5) is 0 Å². The van der Waals surface area contributed by atoms with Crippen molar-refractivity contribution in [3.05, 3.63) is 0 Å². The second kappa shape index (κ2) is 6.02. The Morgan fingerprint density at radius 3 is 1.94 bits per heavy atom. The van der Waals surface area contributed by atoms with Gasteiger partial charge in [-0.2, -0.15) is 0 Å². The number of sulfone groups is 1. The first-order valence-electron chi connectivity index (χ1n) is 6.09. The molecule has 0 rings (SSSR count). The maximum atomic E-state index is 11.8. The molecule has 0 aliphatic rings. The lowest BCUT2D eigenvalue weighted by molar-refractivity contribution is -0.121. The number of carbonyl (C=O) groups excluding carboxylic acids is 1. The summed E-state index contributed by atoms with van der Waals surface area (Å²) in [5.41, 5.74) is -0.268. The van der Waals surface area contributed by atoms with Crippen LogP contribution in [0.2, 0.25) is 0 Å². The third-order valence-electron chi connectivity index (χ3n) is 2.28. The minimum atomic E-state index is -3.13. The summed E-state index contributed by atoms with van der Waals surface area (Å²) in [7, 11) is -3.13. The van der Waals surface area contributed by atoms with E-state index < -0.39 is 14.6 Å². The van der Waals surface area contributed by atoms with Gasteiger partial charge in [0, 0.05) is 12.1 Å². The zero-order chi connectivity index (χ0) is 14.6. The highest BCUT2D eigenvalue weighted by molar-refractivity contribution is 7.92. The summed E-state index contributed by atoms with van der Waals surface area (Å²) < 4.78 is 22.8. The van der Waals surface area contributed by atoms with Crippen molar-refractivity contribution >= 4 is 15.7 Å². The van der Waals surface area contributed by atoms with Gasteiger partial charge in [-0.15, -0.1) is 0 Å². The minimum absolute atomic E-state index is 0.0410. The molecule has 6 heteroatoms. The second-order valence-corrected chi connectivity index (χ2v) is 9.27. The van der Waals surface area contributed by atoms with Gasteiger partial charge < -0.3 is 10.6 Å². The molecule has 0 atom stereocenters. The molecule has 1 amide bonds. The fraction of sp³-hybridized carbons (Fsp3) is 0.917. The first kappa shape index (κ1) is 17.4. The Morgan fingerprint density at radius 1 is 1.06 bits per heavy atom. The smallest absolute Gasteiger partial charge is 0.234 e. The predicted molar refractivity (Wildman–Crippen MR) is 74.3 cm³/mol.